The van der Waals surface area contributed by atoms with Crippen molar-refractivity contribution in [2.24, 2.45) is 5.92 Å². The fraction of sp³-hybridized carbons (Fsp3) is 0.333. The van der Waals surface area contributed by atoms with Crippen LogP contribution in [0.1, 0.15) is 19.3 Å². The van der Waals surface area contributed by atoms with Crippen LogP contribution in [0.3, 0.4) is 0 Å². The number of rotatable bonds is 6. The molecule has 0 amide bonds. The van der Waals surface area contributed by atoms with Gasteiger partial charge in [-0.25, -0.2) is 4.79 Å². The van der Waals surface area contributed by atoms with Gasteiger partial charge in [0.05, 0.1) is 11.8 Å². The van der Waals surface area contributed by atoms with E-state index >= 15 is 0 Å². The van der Waals surface area contributed by atoms with Gasteiger partial charge in [0.25, 0.3) is 0 Å². The molecule has 1 heterocycles. The molecule has 21 heavy (non-hydrogen) atoms. The van der Waals surface area contributed by atoms with Crippen LogP contribution in [0, 0.1) is 5.92 Å². The molecule has 2 aromatic rings. The van der Waals surface area contributed by atoms with Gasteiger partial charge in [-0.15, -0.1) is 0 Å². The Labute approximate surface area is 126 Å². The summed E-state index contributed by atoms with van der Waals surface area (Å²) in [5.41, 5.74) is 0.599. The lowest BCUT2D eigenvalue weighted by atomic mass is 10.1. The maximum Gasteiger partial charge on any atom is 0.344 e. The molecule has 0 radical (unpaired) electrons. The van der Waals surface area contributed by atoms with Crippen molar-refractivity contribution in [2.45, 2.75) is 25.4 Å². The van der Waals surface area contributed by atoms with E-state index in [-0.39, 0.29) is 0 Å². The Morgan fingerprint density at radius 1 is 1.48 bits per heavy atom. The van der Waals surface area contributed by atoms with E-state index in [1.165, 1.54) is 6.20 Å². The number of aliphatic carboxylic acids is 1. The van der Waals surface area contributed by atoms with E-state index in [9.17, 15) is 9.90 Å². The average Bonchev–Trinajstić information content (AvgIpc) is 3.10. The first-order chi connectivity index (χ1) is 10.1. The molecule has 1 unspecified atom stereocenters. The van der Waals surface area contributed by atoms with Crippen LogP contribution in [0.2, 0.25) is 5.02 Å². The van der Waals surface area contributed by atoms with Crippen LogP contribution >= 0.6 is 11.6 Å². The summed E-state index contributed by atoms with van der Waals surface area (Å²) >= 11 is 5.99. The number of carbonyl (C=O) groups is 1. The fourth-order valence-electron chi connectivity index (χ4n) is 2.16. The molecule has 1 aromatic heterocycles. The Kier molecular flexibility index (Phi) is 3.84. The number of aromatic nitrogens is 1. The second-order valence-electron chi connectivity index (χ2n) is 5.14. The van der Waals surface area contributed by atoms with E-state index in [0.717, 1.165) is 12.8 Å². The van der Waals surface area contributed by atoms with Crippen LogP contribution in [0.4, 0.5) is 0 Å². The predicted octanol–water partition coefficient (Wildman–Crippen LogP) is 3.63. The van der Waals surface area contributed by atoms with Gasteiger partial charge < -0.3 is 14.4 Å². The van der Waals surface area contributed by atoms with Gasteiger partial charge in [0, 0.05) is 11.1 Å². The minimum Gasteiger partial charge on any atom is -0.479 e. The lowest BCUT2D eigenvalue weighted by Gasteiger charge is -2.17. The molecule has 0 spiro atoms. The maximum atomic E-state index is 11.3. The number of carboxylic acid groups (broad SMARTS) is 1. The number of hydrogen-bond donors (Lipinski definition) is 1. The summed E-state index contributed by atoms with van der Waals surface area (Å²) in [6.07, 6.45) is 3.32. The van der Waals surface area contributed by atoms with E-state index in [4.69, 9.17) is 20.9 Å². The Hall–Kier alpha value is -2.01. The molecule has 0 aliphatic heterocycles. The molecule has 1 N–H and O–H groups in total. The number of nitrogens with zero attached hydrogens (tertiary/aromatic N) is 1. The summed E-state index contributed by atoms with van der Waals surface area (Å²) < 4.78 is 10.8. The van der Waals surface area contributed by atoms with Crippen molar-refractivity contribution < 1.29 is 19.2 Å². The first-order valence-electron chi connectivity index (χ1n) is 6.73. The van der Waals surface area contributed by atoms with Gasteiger partial charge in [0.2, 0.25) is 0 Å². The predicted molar refractivity (Wildman–Crippen MR) is 76.3 cm³/mol. The number of benzene rings is 1. The lowest BCUT2D eigenvalue weighted by Crippen LogP contribution is -2.27. The molecular formula is C15H14ClNO4. The monoisotopic (exact) mass is 307 g/mol. The van der Waals surface area contributed by atoms with E-state index in [0.29, 0.717) is 34.4 Å². The molecule has 1 atom stereocenters. The van der Waals surface area contributed by atoms with Crippen LogP contribution in [0.25, 0.3) is 11.3 Å². The third-order valence-electron chi connectivity index (χ3n) is 3.43. The molecule has 0 bridgehead atoms. The van der Waals surface area contributed by atoms with E-state index < -0.39 is 12.1 Å². The van der Waals surface area contributed by atoms with Crippen molar-refractivity contribution in [1.29, 1.82) is 0 Å². The highest BCUT2D eigenvalue weighted by molar-refractivity contribution is 6.30. The Balaban J connectivity index is 1.88. The van der Waals surface area contributed by atoms with E-state index in [1.807, 2.05) is 0 Å². The summed E-state index contributed by atoms with van der Waals surface area (Å²) in [5.74, 6) is 0.416. The highest BCUT2D eigenvalue weighted by Gasteiger charge is 2.31. The molecule has 1 aliphatic rings. The molecule has 1 fully saturated rings. The highest BCUT2D eigenvalue weighted by atomic mass is 35.5. The fourth-order valence-corrected chi connectivity index (χ4v) is 2.33. The highest BCUT2D eigenvalue weighted by Crippen LogP contribution is 2.37. The number of carboxylic acids is 1. The summed E-state index contributed by atoms with van der Waals surface area (Å²) in [6, 6.07) is 6.67. The summed E-state index contributed by atoms with van der Waals surface area (Å²) in [5, 5.41) is 13.5. The quantitative estimate of drug-likeness (QED) is 0.882. The van der Waals surface area contributed by atoms with Crippen LogP contribution in [0.15, 0.2) is 35.0 Å². The van der Waals surface area contributed by atoms with Gasteiger partial charge in [-0.05, 0) is 30.5 Å². The van der Waals surface area contributed by atoms with Crippen LogP contribution in [-0.2, 0) is 4.79 Å². The smallest absolute Gasteiger partial charge is 0.344 e. The molecule has 6 heteroatoms. The Morgan fingerprint density at radius 2 is 2.29 bits per heavy atom. The van der Waals surface area contributed by atoms with E-state index in [2.05, 4.69) is 5.16 Å². The van der Waals surface area contributed by atoms with Crippen molar-refractivity contribution in [2.75, 3.05) is 0 Å². The Bertz CT molecular complexity index is 637. The van der Waals surface area contributed by atoms with Crippen molar-refractivity contribution in [3.63, 3.8) is 0 Å². The molecule has 1 saturated carbocycles. The normalized spacial score (nSPS) is 15.7. The number of ether oxygens (including phenoxy) is 1. The third-order valence-corrected chi connectivity index (χ3v) is 3.67. The third kappa shape index (κ3) is 3.36. The zero-order valence-corrected chi connectivity index (χ0v) is 11.9. The van der Waals surface area contributed by atoms with Crippen LogP contribution < -0.4 is 4.74 Å². The summed E-state index contributed by atoms with van der Waals surface area (Å²) in [4.78, 5) is 11.3. The minimum atomic E-state index is -0.958. The molecular weight excluding hydrogens is 294 g/mol. The number of hydrogen-bond acceptors (Lipinski definition) is 4. The van der Waals surface area contributed by atoms with Crippen molar-refractivity contribution >= 4 is 17.6 Å². The van der Waals surface area contributed by atoms with Gasteiger partial charge in [-0.2, -0.15) is 0 Å². The van der Waals surface area contributed by atoms with Crippen LogP contribution in [-0.4, -0.2) is 22.3 Å². The molecule has 3 rings (SSSR count). The lowest BCUT2D eigenvalue weighted by molar-refractivity contribution is -0.145. The zero-order chi connectivity index (χ0) is 14.8. The molecule has 5 nitrogen and oxygen atoms in total. The van der Waals surface area contributed by atoms with Crippen LogP contribution in [0.5, 0.6) is 5.75 Å². The topological polar surface area (TPSA) is 72.6 Å². The van der Waals surface area contributed by atoms with Gasteiger partial charge in [0.15, 0.2) is 11.9 Å². The van der Waals surface area contributed by atoms with Crippen molar-refractivity contribution in [3.8, 4) is 17.1 Å². The van der Waals surface area contributed by atoms with Gasteiger partial charge >= 0.3 is 5.97 Å². The Morgan fingerprint density at radius 3 is 2.90 bits per heavy atom. The SMILES string of the molecule is O=C(O)C(CC1CC1)Oc1ccc(Cl)cc1-c1ccno1. The molecule has 1 aliphatic carbocycles. The van der Waals surface area contributed by atoms with Crippen molar-refractivity contribution in [3.05, 3.63) is 35.5 Å². The van der Waals surface area contributed by atoms with Gasteiger partial charge in [0.1, 0.15) is 5.75 Å². The summed E-state index contributed by atoms with van der Waals surface area (Å²) in [7, 11) is 0. The largest absolute Gasteiger partial charge is 0.479 e. The van der Waals surface area contributed by atoms with Gasteiger partial charge in [-0.1, -0.05) is 29.6 Å². The van der Waals surface area contributed by atoms with E-state index in [1.54, 1.807) is 24.3 Å². The molecule has 1 aromatic carbocycles. The second-order valence-corrected chi connectivity index (χ2v) is 5.58. The molecule has 110 valence electrons. The first kappa shape index (κ1) is 13.9. The second kappa shape index (κ2) is 5.77. The maximum absolute atomic E-state index is 11.3. The zero-order valence-electron chi connectivity index (χ0n) is 11.2. The summed E-state index contributed by atoms with van der Waals surface area (Å²) in [6.45, 7) is 0. The average molecular weight is 308 g/mol. The first-order valence-corrected chi connectivity index (χ1v) is 7.11. The minimum absolute atomic E-state index is 0.434. The van der Waals surface area contributed by atoms with Crippen molar-refractivity contribution in [1.82, 2.24) is 5.16 Å². The number of halogens is 1. The molecule has 0 saturated heterocycles. The standard InChI is InChI=1S/C15H14ClNO4/c16-10-3-4-12(11(8-10)13-5-6-17-21-13)20-14(15(18)19)7-9-1-2-9/h3-6,8-9,14H,1-2,7H2,(H,18,19). The van der Waals surface area contributed by atoms with Gasteiger partial charge in [-0.3, -0.25) is 0 Å².